The normalized spacial score (nSPS) is 16.9. The number of aromatic nitrogens is 2. The summed E-state index contributed by atoms with van der Waals surface area (Å²) in [5.74, 6) is 0.161. The van der Waals surface area contributed by atoms with Gasteiger partial charge >= 0.3 is 0 Å². The lowest BCUT2D eigenvalue weighted by Gasteiger charge is -2.33. The Morgan fingerprint density at radius 2 is 2.07 bits per heavy atom. The lowest BCUT2D eigenvalue weighted by molar-refractivity contribution is 0.0668. The van der Waals surface area contributed by atoms with Crippen molar-refractivity contribution in [2.45, 2.75) is 25.7 Å². The zero-order valence-corrected chi connectivity index (χ0v) is 16.5. The van der Waals surface area contributed by atoms with Gasteiger partial charge < -0.3 is 9.47 Å². The highest BCUT2D eigenvalue weighted by molar-refractivity contribution is 5.97. The number of carbonyl (C=O) groups is 1. The summed E-state index contributed by atoms with van der Waals surface area (Å²) in [7, 11) is 1.66. The average Bonchev–Trinajstić information content (AvgIpc) is 2.75. The van der Waals surface area contributed by atoms with E-state index in [9.17, 15) is 14.0 Å². The fourth-order valence-electron chi connectivity index (χ4n) is 4.07. The molecule has 1 aliphatic heterocycles. The van der Waals surface area contributed by atoms with Crippen molar-refractivity contribution in [3.63, 3.8) is 0 Å². The summed E-state index contributed by atoms with van der Waals surface area (Å²) in [5, 5.41) is 0.507. The maximum absolute atomic E-state index is 13.9. The van der Waals surface area contributed by atoms with E-state index in [2.05, 4.69) is 4.98 Å². The highest BCUT2D eigenvalue weighted by Crippen LogP contribution is 2.24. The molecule has 0 radical (unpaired) electrons. The van der Waals surface area contributed by atoms with Crippen LogP contribution in [0.15, 0.2) is 53.6 Å². The Bertz CT molecular complexity index is 1110. The van der Waals surface area contributed by atoms with E-state index < -0.39 is 0 Å². The molecule has 150 valence electrons. The smallest absolute Gasteiger partial charge is 0.260 e. The van der Waals surface area contributed by atoms with Gasteiger partial charge in [-0.1, -0.05) is 18.2 Å². The molecule has 0 spiro atoms. The number of carbonyl (C=O) groups excluding carboxylic acids is 1. The van der Waals surface area contributed by atoms with Gasteiger partial charge in [-0.05, 0) is 61.4 Å². The average molecular weight is 393 g/mol. The number of likely N-dealkylation sites (tertiary alicyclic amines) is 1. The van der Waals surface area contributed by atoms with Crippen LogP contribution < -0.4 is 5.56 Å². The second kappa shape index (κ2) is 8.15. The van der Waals surface area contributed by atoms with E-state index in [0.29, 0.717) is 35.3 Å². The molecule has 1 aromatic heterocycles. The minimum Gasteiger partial charge on any atom is -0.338 e. The summed E-state index contributed by atoms with van der Waals surface area (Å²) >= 11 is 0. The largest absolute Gasteiger partial charge is 0.338 e. The van der Waals surface area contributed by atoms with Crippen LogP contribution in [-0.2, 0) is 13.5 Å². The van der Waals surface area contributed by atoms with Crippen molar-refractivity contribution in [1.82, 2.24) is 14.5 Å². The SMILES string of the molecule is Cn1cnc2cc(C(=O)N3CCC[C@@H](CCc4ccccc4F)C3)ccc2c1=O. The zero-order chi connectivity index (χ0) is 20.4. The first-order chi connectivity index (χ1) is 14.0. The lowest BCUT2D eigenvalue weighted by Crippen LogP contribution is -2.40. The third-order valence-electron chi connectivity index (χ3n) is 5.75. The second-order valence-corrected chi connectivity index (χ2v) is 7.78. The van der Waals surface area contributed by atoms with Gasteiger partial charge in [0.15, 0.2) is 0 Å². The van der Waals surface area contributed by atoms with Gasteiger partial charge in [-0.15, -0.1) is 0 Å². The molecule has 1 fully saturated rings. The minimum absolute atomic E-state index is 0.0371. The number of hydrogen-bond donors (Lipinski definition) is 0. The maximum atomic E-state index is 13.9. The standard InChI is InChI=1S/C23H24FN3O2/c1-26-15-25-21-13-18(10-11-19(21)23(26)29)22(28)27-12-4-5-16(14-27)8-9-17-6-2-3-7-20(17)24/h2-3,6-7,10-11,13,15-16H,4-5,8-9,12,14H2,1H3/t16-/m0/s1. The van der Waals surface area contributed by atoms with E-state index in [1.807, 2.05) is 17.0 Å². The van der Waals surface area contributed by atoms with Gasteiger partial charge in [0.1, 0.15) is 5.82 Å². The number of piperidine rings is 1. The van der Waals surface area contributed by atoms with Gasteiger partial charge in [0.2, 0.25) is 0 Å². The van der Waals surface area contributed by atoms with E-state index in [4.69, 9.17) is 0 Å². The number of rotatable bonds is 4. The first-order valence-corrected chi connectivity index (χ1v) is 10.0. The molecule has 3 aromatic rings. The molecule has 5 nitrogen and oxygen atoms in total. The first kappa shape index (κ1) is 19.3. The summed E-state index contributed by atoms with van der Waals surface area (Å²) < 4.78 is 15.3. The van der Waals surface area contributed by atoms with Crippen LogP contribution in [0.3, 0.4) is 0 Å². The number of halogens is 1. The molecule has 1 amide bonds. The Hall–Kier alpha value is -3.02. The molecule has 2 aromatic carbocycles. The topological polar surface area (TPSA) is 55.2 Å². The molecule has 0 bridgehead atoms. The Kier molecular flexibility index (Phi) is 5.43. The molecule has 2 heterocycles. The third-order valence-corrected chi connectivity index (χ3v) is 5.75. The number of hydrogen-bond acceptors (Lipinski definition) is 3. The Labute approximate surface area is 168 Å². The molecule has 0 unspecified atom stereocenters. The fraction of sp³-hybridized carbons (Fsp3) is 0.348. The van der Waals surface area contributed by atoms with Crippen LogP contribution in [0.25, 0.3) is 10.9 Å². The molecular formula is C23H24FN3O2. The predicted molar refractivity (Wildman–Crippen MR) is 110 cm³/mol. The number of benzene rings is 2. The molecule has 1 atom stereocenters. The van der Waals surface area contributed by atoms with E-state index in [1.54, 1.807) is 31.3 Å². The monoisotopic (exact) mass is 393 g/mol. The summed E-state index contributed by atoms with van der Waals surface area (Å²) in [4.78, 5) is 31.3. The van der Waals surface area contributed by atoms with Crippen molar-refractivity contribution in [3.8, 4) is 0 Å². The number of nitrogens with zero attached hydrogens (tertiary/aromatic N) is 3. The van der Waals surface area contributed by atoms with Crippen LogP contribution in [-0.4, -0.2) is 33.4 Å². The number of fused-ring (bicyclic) bond motifs is 1. The Morgan fingerprint density at radius 3 is 2.90 bits per heavy atom. The summed E-state index contributed by atoms with van der Waals surface area (Å²) in [5.41, 5.74) is 1.69. The van der Waals surface area contributed by atoms with Crippen LogP contribution in [0.4, 0.5) is 4.39 Å². The summed E-state index contributed by atoms with van der Waals surface area (Å²) in [6.45, 7) is 1.40. The van der Waals surface area contributed by atoms with Crippen LogP contribution in [0, 0.1) is 11.7 Å². The van der Waals surface area contributed by atoms with Crippen LogP contribution >= 0.6 is 0 Å². The fourth-order valence-corrected chi connectivity index (χ4v) is 4.07. The predicted octanol–water partition coefficient (Wildman–Crippen LogP) is 3.56. The van der Waals surface area contributed by atoms with Crippen molar-refractivity contribution in [3.05, 3.63) is 76.1 Å². The molecule has 1 saturated heterocycles. The molecule has 0 aliphatic carbocycles. The molecule has 29 heavy (non-hydrogen) atoms. The zero-order valence-electron chi connectivity index (χ0n) is 16.5. The highest BCUT2D eigenvalue weighted by Gasteiger charge is 2.25. The van der Waals surface area contributed by atoms with Gasteiger partial charge in [0.25, 0.3) is 11.5 Å². The van der Waals surface area contributed by atoms with Crippen LogP contribution in [0.1, 0.15) is 35.2 Å². The van der Waals surface area contributed by atoms with E-state index in [-0.39, 0.29) is 17.3 Å². The highest BCUT2D eigenvalue weighted by atomic mass is 19.1. The van der Waals surface area contributed by atoms with Crippen molar-refractivity contribution in [1.29, 1.82) is 0 Å². The van der Waals surface area contributed by atoms with Gasteiger partial charge in [0, 0.05) is 25.7 Å². The van der Waals surface area contributed by atoms with Crippen molar-refractivity contribution < 1.29 is 9.18 Å². The lowest BCUT2D eigenvalue weighted by atomic mass is 9.91. The third kappa shape index (κ3) is 4.06. The Balaban J connectivity index is 1.46. The number of amides is 1. The van der Waals surface area contributed by atoms with E-state index >= 15 is 0 Å². The van der Waals surface area contributed by atoms with E-state index in [1.165, 1.54) is 17.0 Å². The van der Waals surface area contributed by atoms with E-state index in [0.717, 1.165) is 31.4 Å². The van der Waals surface area contributed by atoms with Crippen molar-refractivity contribution in [2.24, 2.45) is 13.0 Å². The summed E-state index contributed by atoms with van der Waals surface area (Å²) in [6.07, 6.45) is 5.01. The van der Waals surface area contributed by atoms with Crippen LogP contribution in [0.2, 0.25) is 0 Å². The molecule has 0 saturated carbocycles. The van der Waals surface area contributed by atoms with Gasteiger partial charge in [0.05, 0.1) is 17.2 Å². The molecular weight excluding hydrogens is 369 g/mol. The first-order valence-electron chi connectivity index (χ1n) is 10.0. The van der Waals surface area contributed by atoms with Crippen molar-refractivity contribution >= 4 is 16.8 Å². The minimum atomic E-state index is -0.161. The van der Waals surface area contributed by atoms with Gasteiger partial charge in [-0.25, -0.2) is 9.37 Å². The number of aryl methyl sites for hydroxylation is 2. The van der Waals surface area contributed by atoms with Gasteiger partial charge in [-0.3, -0.25) is 9.59 Å². The summed E-state index contributed by atoms with van der Waals surface area (Å²) in [6, 6.07) is 12.0. The second-order valence-electron chi connectivity index (χ2n) is 7.78. The molecule has 1 aliphatic rings. The Morgan fingerprint density at radius 1 is 1.24 bits per heavy atom. The maximum Gasteiger partial charge on any atom is 0.260 e. The van der Waals surface area contributed by atoms with Gasteiger partial charge in [-0.2, -0.15) is 0 Å². The molecule has 6 heteroatoms. The molecule has 0 N–H and O–H groups in total. The quantitative estimate of drug-likeness (QED) is 0.681. The van der Waals surface area contributed by atoms with Crippen LogP contribution in [0.5, 0.6) is 0 Å². The molecule has 4 rings (SSSR count). The van der Waals surface area contributed by atoms with Crippen molar-refractivity contribution in [2.75, 3.05) is 13.1 Å².